The van der Waals surface area contributed by atoms with Crippen molar-refractivity contribution in [1.82, 2.24) is 9.55 Å². The van der Waals surface area contributed by atoms with Crippen LogP contribution in [0.5, 0.6) is 5.88 Å². The van der Waals surface area contributed by atoms with Gasteiger partial charge in [0.2, 0.25) is 18.3 Å². The molecule has 0 saturated carbocycles. The Balaban J connectivity index is 2.84. The van der Waals surface area contributed by atoms with Crippen LogP contribution in [0.4, 0.5) is 45.2 Å². The van der Waals surface area contributed by atoms with E-state index in [4.69, 9.17) is 21.1 Å². The lowest BCUT2D eigenvalue weighted by molar-refractivity contribution is -0.154. The standard InChI is InChI=1S/C21H19ClF9N3O3/c1-4-5-34-15(36-9-37-17(35)10(2)3)8-14(21(29,30)31)33-18(34)32-13-7-11(19(23,24)25)6-12(16(13)22)20(26,27)28/h6-8,10H,4-5,9H2,1-3H3. The highest BCUT2D eigenvalue weighted by Crippen LogP contribution is 2.43. The van der Waals surface area contributed by atoms with Gasteiger partial charge >= 0.3 is 24.5 Å². The summed E-state index contributed by atoms with van der Waals surface area (Å²) in [6, 6.07) is 0.339. The molecule has 0 fully saturated rings. The first-order chi connectivity index (χ1) is 16.9. The number of ether oxygens (including phenoxy) is 2. The summed E-state index contributed by atoms with van der Waals surface area (Å²) in [5.41, 5.74) is -7.38. The van der Waals surface area contributed by atoms with E-state index in [1.54, 1.807) is 6.92 Å². The van der Waals surface area contributed by atoms with Gasteiger partial charge in [-0.15, -0.1) is 0 Å². The predicted molar refractivity (Wildman–Crippen MR) is 111 cm³/mol. The molecular formula is C21H19ClF9N3O3. The van der Waals surface area contributed by atoms with Gasteiger partial charge in [0.1, 0.15) is 0 Å². The Morgan fingerprint density at radius 1 is 1.03 bits per heavy atom. The Labute approximate surface area is 208 Å². The number of esters is 1. The summed E-state index contributed by atoms with van der Waals surface area (Å²) in [6.45, 7) is 3.51. The van der Waals surface area contributed by atoms with E-state index in [0.717, 1.165) is 4.57 Å². The Morgan fingerprint density at radius 2 is 1.65 bits per heavy atom. The minimum absolute atomic E-state index is 0.154. The number of hydrogen-bond donors (Lipinski definition) is 0. The number of nitrogens with zero attached hydrogens (tertiary/aromatic N) is 3. The van der Waals surface area contributed by atoms with Crippen molar-refractivity contribution in [3.05, 3.63) is 45.7 Å². The number of carbonyl (C=O) groups excluding carboxylic acids is 1. The van der Waals surface area contributed by atoms with Crippen LogP contribution in [-0.2, 0) is 34.6 Å². The molecule has 37 heavy (non-hydrogen) atoms. The molecule has 1 heterocycles. The summed E-state index contributed by atoms with van der Waals surface area (Å²) < 4.78 is 131. The van der Waals surface area contributed by atoms with Crippen molar-refractivity contribution in [3.8, 4) is 5.88 Å². The molecule has 0 spiro atoms. The molecule has 0 aliphatic rings. The number of aromatic nitrogens is 2. The number of benzene rings is 1. The molecule has 206 valence electrons. The summed E-state index contributed by atoms with van der Waals surface area (Å²) >= 11 is 5.68. The van der Waals surface area contributed by atoms with E-state index in [-0.39, 0.29) is 25.1 Å². The van der Waals surface area contributed by atoms with Crippen molar-refractivity contribution in [3.63, 3.8) is 0 Å². The molecule has 16 heteroatoms. The maximum Gasteiger partial charge on any atom is 0.433 e. The molecule has 0 amide bonds. The Hall–Kier alpha value is -2.97. The largest absolute Gasteiger partial charge is 0.442 e. The van der Waals surface area contributed by atoms with E-state index in [1.165, 1.54) is 13.8 Å². The van der Waals surface area contributed by atoms with Gasteiger partial charge in [-0.05, 0) is 18.6 Å². The normalized spacial score (nSPS) is 13.3. The zero-order chi connectivity index (χ0) is 28.3. The smallest absolute Gasteiger partial charge is 0.433 e. The van der Waals surface area contributed by atoms with Gasteiger partial charge in [0.05, 0.1) is 27.8 Å². The van der Waals surface area contributed by atoms with Crippen LogP contribution in [0.3, 0.4) is 0 Å². The van der Waals surface area contributed by atoms with Crippen LogP contribution >= 0.6 is 11.6 Å². The number of rotatable bonds is 7. The molecule has 0 N–H and O–H groups in total. The summed E-state index contributed by atoms with van der Waals surface area (Å²) in [4.78, 5) is 18.4. The number of alkyl halides is 9. The third-order valence-corrected chi connectivity index (χ3v) is 4.91. The van der Waals surface area contributed by atoms with E-state index in [1.807, 2.05) is 0 Å². The topological polar surface area (TPSA) is 65.7 Å². The number of hydrogen-bond acceptors (Lipinski definition) is 5. The Bertz CT molecular complexity index is 1200. The van der Waals surface area contributed by atoms with Gasteiger partial charge in [-0.2, -0.15) is 39.5 Å². The van der Waals surface area contributed by atoms with Crippen molar-refractivity contribution >= 4 is 23.3 Å². The molecule has 1 aromatic heterocycles. The molecule has 0 aliphatic heterocycles. The lowest BCUT2D eigenvalue weighted by atomic mass is 10.1. The van der Waals surface area contributed by atoms with Crippen LogP contribution in [0.15, 0.2) is 23.2 Å². The molecule has 0 aliphatic carbocycles. The second-order valence-electron chi connectivity index (χ2n) is 7.77. The zero-order valence-corrected chi connectivity index (χ0v) is 20.0. The lowest BCUT2D eigenvalue weighted by Crippen LogP contribution is -2.30. The minimum atomic E-state index is -5.34. The molecule has 0 saturated heterocycles. The van der Waals surface area contributed by atoms with Crippen LogP contribution in [0.25, 0.3) is 0 Å². The first-order valence-electron chi connectivity index (χ1n) is 10.4. The molecule has 6 nitrogen and oxygen atoms in total. The molecule has 0 radical (unpaired) electrons. The fourth-order valence-electron chi connectivity index (χ4n) is 2.76. The van der Waals surface area contributed by atoms with E-state index in [0.29, 0.717) is 6.07 Å². The first kappa shape index (κ1) is 30.3. The number of carbonyl (C=O) groups is 1. The molecular weight excluding hydrogens is 549 g/mol. The van der Waals surface area contributed by atoms with Crippen LogP contribution in [0, 0.1) is 5.92 Å². The maximum atomic E-state index is 13.5. The summed E-state index contributed by atoms with van der Waals surface area (Å²) in [7, 11) is 0. The van der Waals surface area contributed by atoms with Crippen molar-refractivity contribution in [2.45, 2.75) is 52.3 Å². The van der Waals surface area contributed by atoms with Gasteiger partial charge < -0.3 is 9.47 Å². The molecule has 2 rings (SSSR count). The summed E-state index contributed by atoms with van der Waals surface area (Å²) in [5, 5.41) is -1.28. The van der Waals surface area contributed by atoms with Gasteiger partial charge in [-0.1, -0.05) is 32.4 Å². The van der Waals surface area contributed by atoms with Crippen LogP contribution < -0.4 is 10.4 Å². The van der Waals surface area contributed by atoms with Crippen LogP contribution in [0.2, 0.25) is 5.02 Å². The fraction of sp³-hybridized carbons (Fsp3) is 0.476. The fourth-order valence-corrected chi connectivity index (χ4v) is 3.02. The molecule has 0 atom stereocenters. The highest BCUT2D eigenvalue weighted by molar-refractivity contribution is 6.33. The van der Waals surface area contributed by atoms with Crippen molar-refractivity contribution in [2.24, 2.45) is 10.9 Å². The van der Waals surface area contributed by atoms with E-state index in [2.05, 4.69) is 9.98 Å². The first-order valence-corrected chi connectivity index (χ1v) is 10.7. The van der Waals surface area contributed by atoms with Gasteiger partial charge in [0.25, 0.3) is 0 Å². The van der Waals surface area contributed by atoms with Gasteiger partial charge in [0, 0.05) is 12.6 Å². The summed E-state index contributed by atoms with van der Waals surface area (Å²) in [5.74, 6) is -1.95. The second kappa shape index (κ2) is 11.2. The second-order valence-corrected chi connectivity index (χ2v) is 8.15. The van der Waals surface area contributed by atoms with Crippen molar-refractivity contribution in [2.75, 3.05) is 6.79 Å². The van der Waals surface area contributed by atoms with Crippen LogP contribution in [-0.4, -0.2) is 22.3 Å². The Kier molecular flexibility index (Phi) is 9.15. The van der Waals surface area contributed by atoms with Gasteiger partial charge in [-0.25, -0.2) is 9.98 Å². The minimum Gasteiger partial charge on any atom is -0.442 e. The molecule has 0 bridgehead atoms. The highest BCUT2D eigenvalue weighted by Gasteiger charge is 2.40. The van der Waals surface area contributed by atoms with E-state index >= 15 is 0 Å². The molecule has 0 unspecified atom stereocenters. The lowest BCUT2D eigenvalue weighted by Gasteiger charge is -2.18. The van der Waals surface area contributed by atoms with Crippen molar-refractivity contribution < 1.29 is 53.8 Å². The number of halogens is 10. The highest BCUT2D eigenvalue weighted by atomic mass is 35.5. The van der Waals surface area contributed by atoms with Crippen molar-refractivity contribution in [1.29, 1.82) is 0 Å². The predicted octanol–water partition coefficient (Wildman–Crippen LogP) is 6.77. The molecule has 1 aromatic carbocycles. The maximum absolute atomic E-state index is 13.5. The van der Waals surface area contributed by atoms with Crippen LogP contribution in [0.1, 0.15) is 44.0 Å². The third-order valence-electron chi connectivity index (χ3n) is 4.51. The average Bonchev–Trinajstić information content (AvgIpc) is 2.74. The quantitative estimate of drug-likeness (QED) is 0.210. The van der Waals surface area contributed by atoms with Gasteiger partial charge in [0.15, 0.2) is 5.69 Å². The average molecular weight is 568 g/mol. The Morgan fingerprint density at radius 3 is 2.14 bits per heavy atom. The van der Waals surface area contributed by atoms with E-state index < -0.39 is 76.2 Å². The SMILES string of the molecule is CCCn1c(OCOC(=O)C(C)C)cc(C(F)(F)F)nc1=Nc1cc(C(F)(F)F)cc(C(F)(F)F)c1Cl. The zero-order valence-electron chi connectivity index (χ0n) is 19.3. The third kappa shape index (κ3) is 7.76. The summed E-state index contributed by atoms with van der Waals surface area (Å²) in [6.07, 6.45) is -15.5. The van der Waals surface area contributed by atoms with E-state index in [9.17, 15) is 44.3 Å². The monoisotopic (exact) mass is 567 g/mol. The van der Waals surface area contributed by atoms with Gasteiger partial charge in [-0.3, -0.25) is 9.36 Å². The molecule has 2 aromatic rings.